The molecule has 1 N–H and O–H groups in total. The minimum absolute atomic E-state index is 0. The smallest absolute Gasteiger partial charge is 0.268 e. The fourth-order valence-electron chi connectivity index (χ4n) is 3.70. The molecular formula is C18H26ClN3O4S. The summed E-state index contributed by atoms with van der Waals surface area (Å²) in [6, 6.07) is 4.55. The van der Waals surface area contributed by atoms with Gasteiger partial charge in [0.25, 0.3) is 21.8 Å². The van der Waals surface area contributed by atoms with Crippen LogP contribution in [-0.2, 0) is 10.0 Å². The van der Waals surface area contributed by atoms with E-state index in [1.165, 1.54) is 12.1 Å². The maximum absolute atomic E-state index is 13.1. The van der Waals surface area contributed by atoms with Crippen molar-refractivity contribution >= 4 is 34.2 Å². The number of carbonyl (C=O) groups is 2. The Bertz CT molecular complexity index is 822. The Morgan fingerprint density at radius 1 is 1.26 bits per heavy atom. The molecule has 1 saturated heterocycles. The number of hydrogen-bond donors (Lipinski definition) is 1. The summed E-state index contributed by atoms with van der Waals surface area (Å²) in [6.07, 6.45) is 2.61. The molecule has 2 aliphatic rings. The molecule has 0 aliphatic carbocycles. The minimum Gasteiger partial charge on any atom is -0.336 e. The summed E-state index contributed by atoms with van der Waals surface area (Å²) in [4.78, 5) is 27.1. The fourth-order valence-corrected chi connectivity index (χ4v) is 5.30. The number of hydrogen-bond acceptors (Lipinski definition) is 5. The molecule has 0 saturated carbocycles. The topological polar surface area (TPSA) is 86.8 Å². The fraction of sp³-hybridized carbons (Fsp3) is 0.556. The summed E-state index contributed by atoms with van der Waals surface area (Å²) in [6.45, 7) is 6.09. The van der Waals surface area contributed by atoms with Gasteiger partial charge in [-0.2, -0.15) is 0 Å². The number of amides is 2. The normalized spacial score (nSPS) is 18.7. The van der Waals surface area contributed by atoms with E-state index in [9.17, 15) is 18.0 Å². The lowest BCUT2D eigenvalue weighted by molar-refractivity contribution is 0.0642. The first-order valence-corrected chi connectivity index (χ1v) is 10.6. The van der Waals surface area contributed by atoms with Crippen LogP contribution in [0.4, 0.5) is 0 Å². The molecule has 0 unspecified atom stereocenters. The van der Waals surface area contributed by atoms with Crippen molar-refractivity contribution < 1.29 is 18.0 Å². The van der Waals surface area contributed by atoms with E-state index in [0.29, 0.717) is 12.1 Å². The standard InChI is InChI=1S/C18H25N3O4S.ClH/c1-3-11-20(14-7-9-19-10-8-14)17(22)13-5-6-15-16(12-13)26(24,25)21(4-2)18(15)23;/h5-6,12,14,19H,3-4,7-11H2,1-2H3;1H. The molecule has 150 valence electrons. The Hall–Kier alpha value is -1.64. The quantitative estimate of drug-likeness (QED) is 0.793. The summed E-state index contributed by atoms with van der Waals surface area (Å²) >= 11 is 0. The van der Waals surface area contributed by atoms with Crippen LogP contribution in [0.15, 0.2) is 23.1 Å². The average Bonchev–Trinajstić information content (AvgIpc) is 2.85. The summed E-state index contributed by atoms with van der Waals surface area (Å²) in [5.41, 5.74) is 0.470. The molecule has 0 atom stereocenters. The van der Waals surface area contributed by atoms with Gasteiger partial charge in [0, 0.05) is 24.7 Å². The number of fused-ring (bicyclic) bond motifs is 1. The number of nitrogens with zero attached hydrogens (tertiary/aromatic N) is 2. The lowest BCUT2D eigenvalue weighted by Gasteiger charge is -2.34. The third kappa shape index (κ3) is 3.83. The number of carbonyl (C=O) groups excluding carboxylic acids is 2. The Labute approximate surface area is 166 Å². The highest BCUT2D eigenvalue weighted by Gasteiger charge is 2.40. The van der Waals surface area contributed by atoms with Crippen molar-refractivity contribution in [1.29, 1.82) is 0 Å². The first-order chi connectivity index (χ1) is 12.4. The van der Waals surface area contributed by atoms with Crippen molar-refractivity contribution in [3.8, 4) is 0 Å². The zero-order chi connectivity index (χ0) is 18.9. The molecule has 0 bridgehead atoms. The third-order valence-corrected chi connectivity index (χ3v) is 6.91. The van der Waals surface area contributed by atoms with Gasteiger partial charge in [0.05, 0.1) is 5.56 Å². The summed E-state index contributed by atoms with van der Waals surface area (Å²) in [5.74, 6) is -0.690. The Balaban J connectivity index is 0.00000261. The molecule has 2 amide bonds. The van der Waals surface area contributed by atoms with Gasteiger partial charge in [0.15, 0.2) is 0 Å². The SMILES string of the molecule is CCCN(C(=O)c1ccc2c(c1)S(=O)(=O)N(CC)C2=O)C1CCNCC1.Cl. The lowest BCUT2D eigenvalue weighted by Crippen LogP contribution is -2.46. The predicted molar refractivity (Wildman–Crippen MR) is 105 cm³/mol. The van der Waals surface area contributed by atoms with Gasteiger partial charge in [-0.15, -0.1) is 12.4 Å². The van der Waals surface area contributed by atoms with Crippen LogP contribution in [0.1, 0.15) is 53.8 Å². The number of rotatable bonds is 5. The molecule has 0 radical (unpaired) electrons. The second-order valence-electron chi connectivity index (χ2n) is 6.67. The van der Waals surface area contributed by atoms with Crippen molar-refractivity contribution in [3.05, 3.63) is 29.3 Å². The predicted octanol–water partition coefficient (Wildman–Crippen LogP) is 1.88. The zero-order valence-corrected chi connectivity index (χ0v) is 17.2. The summed E-state index contributed by atoms with van der Waals surface area (Å²) < 4.78 is 26.0. The number of benzene rings is 1. The monoisotopic (exact) mass is 415 g/mol. The molecule has 9 heteroatoms. The molecule has 7 nitrogen and oxygen atoms in total. The van der Waals surface area contributed by atoms with Gasteiger partial charge in [0.1, 0.15) is 4.90 Å². The van der Waals surface area contributed by atoms with E-state index >= 15 is 0 Å². The van der Waals surface area contributed by atoms with E-state index in [2.05, 4.69) is 5.32 Å². The zero-order valence-electron chi connectivity index (χ0n) is 15.6. The Morgan fingerprint density at radius 2 is 1.93 bits per heavy atom. The van der Waals surface area contributed by atoms with E-state index in [0.717, 1.165) is 36.7 Å². The molecule has 2 heterocycles. The van der Waals surface area contributed by atoms with Crippen LogP contribution >= 0.6 is 12.4 Å². The number of sulfonamides is 1. The van der Waals surface area contributed by atoms with E-state index in [4.69, 9.17) is 0 Å². The van der Waals surface area contributed by atoms with Crippen LogP contribution in [-0.4, -0.2) is 61.7 Å². The lowest BCUT2D eigenvalue weighted by atomic mass is 10.0. The van der Waals surface area contributed by atoms with Gasteiger partial charge in [-0.05, 0) is 57.5 Å². The van der Waals surface area contributed by atoms with Crippen molar-refractivity contribution in [2.24, 2.45) is 0 Å². The second-order valence-corrected chi connectivity index (χ2v) is 8.50. The molecule has 1 aromatic rings. The van der Waals surface area contributed by atoms with Crippen LogP contribution in [0.2, 0.25) is 0 Å². The molecule has 0 aromatic heterocycles. The maximum atomic E-state index is 13.1. The highest BCUT2D eigenvalue weighted by Crippen LogP contribution is 2.31. The van der Waals surface area contributed by atoms with Crippen molar-refractivity contribution in [2.75, 3.05) is 26.2 Å². The maximum Gasteiger partial charge on any atom is 0.268 e. The summed E-state index contributed by atoms with van der Waals surface area (Å²) in [5, 5.41) is 3.29. The van der Waals surface area contributed by atoms with Gasteiger partial charge < -0.3 is 10.2 Å². The van der Waals surface area contributed by atoms with Crippen LogP contribution < -0.4 is 5.32 Å². The molecule has 27 heavy (non-hydrogen) atoms. The highest BCUT2D eigenvalue weighted by molar-refractivity contribution is 7.90. The molecule has 1 fully saturated rings. The van der Waals surface area contributed by atoms with Gasteiger partial charge in [-0.25, -0.2) is 12.7 Å². The summed E-state index contributed by atoms with van der Waals surface area (Å²) in [7, 11) is -3.86. The van der Waals surface area contributed by atoms with Gasteiger partial charge >= 0.3 is 0 Å². The van der Waals surface area contributed by atoms with E-state index < -0.39 is 15.9 Å². The Kier molecular flexibility index (Phi) is 6.88. The van der Waals surface area contributed by atoms with Crippen LogP contribution in [0, 0.1) is 0 Å². The number of piperidine rings is 1. The van der Waals surface area contributed by atoms with Gasteiger partial charge in [-0.1, -0.05) is 6.92 Å². The van der Waals surface area contributed by atoms with Crippen molar-refractivity contribution in [3.63, 3.8) is 0 Å². The largest absolute Gasteiger partial charge is 0.336 e. The minimum atomic E-state index is -3.86. The third-order valence-electron chi connectivity index (χ3n) is 5.02. The van der Waals surface area contributed by atoms with Crippen molar-refractivity contribution in [2.45, 2.75) is 44.0 Å². The first-order valence-electron chi connectivity index (χ1n) is 9.14. The van der Waals surface area contributed by atoms with Gasteiger partial charge in [0.2, 0.25) is 0 Å². The van der Waals surface area contributed by atoms with E-state index in [-0.39, 0.29) is 41.4 Å². The number of nitrogens with one attached hydrogen (secondary N) is 1. The molecule has 0 spiro atoms. The average molecular weight is 416 g/mol. The van der Waals surface area contributed by atoms with E-state index in [1.54, 1.807) is 13.0 Å². The Morgan fingerprint density at radius 3 is 2.52 bits per heavy atom. The molecule has 3 rings (SSSR count). The van der Waals surface area contributed by atoms with Crippen LogP contribution in [0.3, 0.4) is 0 Å². The van der Waals surface area contributed by atoms with Crippen molar-refractivity contribution in [1.82, 2.24) is 14.5 Å². The second kappa shape index (κ2) is 8.58. The highest BCUT2D eigenvalue weighted by atomic mass is 35.5. The van der Waals surface area contributed by atoms with Crippen LogP contribution in [0.5, 0.6) is 0 Å². The molecule has 2 aliphatic heterocycles. The van der Waals surface area contributed by atoms with Crippen LogP contribution in [0.25, 0.3) is 0 Å². The molecule has 1 aromatic carbocycles. The van der Waals surface area contributed by atoms with E-state index in [1.807, 2.05) is 11.8 Å². The first kappa shape index (κ1) is 21.7. The number of halogens is 1. The van der Waals surface area contributed by atoms with Gasteiger partial charge in [-0.3, -0.25) is 9.59 Å². The molecular weight excluding hydrogens is 390 g/mol.